The normalized spacial score (nSPS) is 15.5. The molecule has 1 atom stereocenters. The van der Waals surface area contributed by atoms with Gasteiger partial charge in [0.15, 0.2) is 6.17 Å². The number of halogens is 1. The van der Waals surface area contributed by atoms with Crippen LogP contribution in [0.25, 0.3) is 11.3 Å². The number of amides is 2. The van der Waals surface area contributed by atoms with Crippen molar-refractivity contribution in [2.75, 3.05) is 25.5 Å². The van der Waals surface area contributed by atoms with Crippen LogP contribution in [0.2, 0.25) is 5.02 Å². The quantitative estimate of drug-likeness (QED) is 0.463. The molecule has 0 radical (unpaired) electrons. The molecule has 0 bridgehead atoms. The number of nitro groups is 1. The number of nitrogens with zero attached hydrogens (tertiary/aromatic N) is 3. The number of benzene rings is 2. The number of hydrogen-bond donors (Lipinski definition) is 1. The lowest BCUT2D eigenvalue weighted by Gasteiger charge is -2.42. The van der Waals surface area contributed by atoms with Gasteiger partial charge in [0.2, 0.25) is 5.91 Å². The average Bonchev–Trinajstić information content (AvgIpc) is 3.26. The molecule has 0 saturated carbocycles. The maximum Gasteiger partial charge on any atom is 0.281 e. The molecule has 1 N–H and O–H groups in total. The number of nitro benzene ring substituents is 1. The van der Waals surface area contributed by atoms with Gasteiger partial charge in [-0.2, -0.15) is 0 Å². The zero-order valence-corrected chi connectivity index (χ0v) is 18.0. The van der Waals surface area contributed by atoms with E-state index in [1.807, 2.05) is 0 Å². The Kier molecular flexibility index (Phi) is 5.58. The van der Waals surface area contributed by atoms with Gasteiger partial charge in [-0.3, -0.25) is 19.7 Å². The molecule has 4 rings (SSSR count). The van der Waals surface area contributed by atoms with Crippen molar-refractivity contribution in [2.24, 2.45) is 0 Å². The van der Waals surface area contributed by atoms with Crippen molar-refractivity contribution < 1.29 is 18.9 Å². The van der Waals surface area contributed by atoms with Crippen LogP contribution in [0.1, 0.15) is 22.3 Å². The third-order valence-electron chi connectivity index (χ3n) is 5.32. The predicted octanol–water partition coefficient (Wildman–Crippen LogP) is 3.85. The number of fused-ring (bicyclic) bond motifs is 1. The van der Waals surface area contributed by atoms with Crippen LogP contribution in [0.15, 0.2) is 59.0 Å². The molecular formula is C22H19ClN4O5. The lowest BCUT2D eigenvalue weighted by atomic mass is 10.0. The first-order valence-corrected chi connectivity index (χ1v) is 10.1. The fourth-order valence-corrected chi connectivity index (χ4v) is 3.96. The van der Waals surface area contributed by atoms with E-state index >= 15 is 0 Å². The summed E-state index contributed by atoms with van der Waals surface area (Å²) in [5, 5.41) is 14.3. The number of carbonyl (C=O) groups excluding carboxylic acids is 2. The van der Waals surface area contributed by atoms with Gasteiger partial charge in [0, 0.05) is 25.2 Å². The first kappa shape index (κ1) is 21.4. The van der Waals surface area contributed by atoms with E-state index in [9.17, 15) is 19.7 Å². The Bertz CT molecular complexity index is 1220. The van der Waals surface area contributed by atoms with E-state index in [1.165, 1.54) is 30.1 Å². The Morgan fingerprint density at radius 3 is 2.66 bits per heavy atom. The minimum Gasteiger partial charge on any atom is -0.457 e. The topological polar surface area (TPSA) is 109 Å². The highest BCUT2D eigenvalue weighted by atomic mass is 35.5. The van der Waals surface area contributed by atoms with Crippen molar-refractivity contribution >= 4 is 34.8 Å². The number of carbonyl (C=O) groups is 2. The van der Waals surface area contributed by atoms with Crippen LogP contribution < -0.4 is 10.2 Å². The number of para-hydroxylation sites is 1. The summed E-state index contributed by atoms with van der Waals surface area (Å²) in [5.41, 5.74) is 1.13. The summed E-state index contributed by atoms with van der Waals surface area (Å²) >= 11 is 5.92. The third kappa shape index (κ3) is 3.67. The smallest absolute Gasteiger partial charge is 0.281 e. The van der Waals surface area contributed by atoms with E-state index in [2.05, 4.69) is 5.32 Å². The molecule has 1 aliphatic heterocycles. The van der Waals surface area contributed by atoms with Crippen LogP contribution in [0.5, 0.6) is 0 Å². The molecule has 164 valence electrons. The second-order valence-electron chi connectivity index (χ2n) is 7.23. The van der Waals surface area contributed by atoms with Crippen LogP contribution in [0, 0.1) is 10.1 Å². The zero-order chi connectivity index (χ0) is 23.0. The standard InChI is InChI=1S/C22H19ClN4O5/c1-24-20(28)12-26-16-6-4-3-5-15(16)22(29)25(2)21(26)19-10-9-18(32-19)14-8-7-13(23)11-17(14)27(30)31/h3-11,21H,12H2,1-2H3,(H,24,28)/t21-/m0/s1. The Morgan fingerprint density at radius 2 is 1.94 bits per heavy atom. The average molecular weight is 455 g/mol. The maximum absolute atomic E-state index is 13.0. The highest BCUT2D eigenvalue weighted by Gasteiger charge is 2.39. The summed E-state index contributed by atoms with van der Waals surface area (Å²) in [7, 11) is 3.15. The second kappa shape index (κ2) is 8.35. The lowest BCUT2D eigenvalue weighted by molar-refractivity contribution is -0.384. The van der Waals surface area contributed by atoms with Crippen LogP contribution in [0.4, 0.5) is 11.4 Å². The molecule has 3 aromatic rings. The van der Waals surface area contributed by atoms with Crippen molar-refractivity contribution in [1.29, 1.82) is 0 Å². The molecule has 0 unspecified atom stereocenters. The highest BCUT2D eigenvalue weighted by molar-refractivity contribution is 6.30. The van der Waals surface area contributed by atoms with Gasteiger partial charge in [-0.1, -0.05) is 23.7 Å². The van der Waals surface area contributed by atoms with Crippen LogP contribution in [0.3, 0.4) is 0 Å². The fraction of sp³-hybridized carbons (Fsp3) is 0.182. The van der Waals surface area contributed by atoms with Crippen molar-refractivity contribution in [3.05, 3.63) is 81.1 Å². The van der Waals surface area contributed by atoms with Gasteiger partial charge in [0.1, 0.15) is 11.5 Å². The monoisotopic (exact) mass is 454 g/mol. The van der Waals surface area contributed by atoms with Crippen LogP contribution in [-0.2, 0) is 4.79 Å². The van der Waals surface area contributed by atoms with E-state index in [0.29, 0.717) is 17.0 Å². The Morgan fingerprint density at radius 1 is 1.19 bits per heavy atom. The molecule has 2 amide bonds. The molecule has 1 aliphatic rings. The molecule has 0 saturated heterocycles. The molecule has 2 aromatic carbocycles. The van der Waals surface area contributed by atoms with Gasteiger partial charge in [0.25, 0.3) is 11.6 Å². The molecule has 0 spiro atoms. The van der Waals surface area contributed by atoms with Crippen molar-refractivity contribution in [1.82, 2.24) is 10.2 Å². The SMILES string of the molecule is CNC(=O)CN1c2ccccc2C(=O)N(C)[C@@H]1c1ccc(-c2ccc(Cl)cc2[N+](=O)[O-])o1. The number of furan rings is 1. The Labute approximate surface area is 188 Å². The molecule has 2 heterocycles. The predicted molar refractivity (Wildman–Crippen MR) is 118 cm³/mol. The molecule has 1 aromatic heterocycles. The van der Waals surface area contributed by atoms with Gasteiger partial charge < -0.3 is 19.5 Å². The number of likely N-dealkylation sites (N-methyl/N-ethyl adjacent to an activating group) is 1. The second-order valence-corrected chi connectivity index (χ2v) is 7.66. The fourth-order valence-electron chi connectivity index (χ4n) is 3.80. The van der Waals surface area contributed by atoms with E-state index in [-0.39, 0.29) is 40.4 Å². The van der Waals surface area contributed by atoms with Gasteiger partial charge in [-0.25, -0.2) is 0 Å². The minimum atomic E-state index is -0.727. The summed E-state index contributed by atoms with van der Waals surface area (Å²) in [5.74, 6) is 0.142. The van der Waals surface area contributed by atoms with E-state index in [0.717, 1.165) is 0 Å². The van der Waals surface area contributed by atoms with Crippen molar-refractivity contribution in [3.63, 3.8) is 0 Å². The summed E-state index contributed by atoms with van der Waals surface area (Å²) in [6.45, 7) is -0.0209. The van der Waals surface area contributed by atoms with Gasteiger partial charge in [0.05, 0.1) is 28.3 Å². The first-order valence-electron chi connectivity index (χ1n) is 9.69. The number of anilines is 1. The molecule has 0 aliphatic carbocycles. The lowest BCUT2D eigenvalue weighted by Crippen LogP contribution is -2.50. The maximum atomic E-state index is 13.0. The molecule has 32 heavy (non-hydrogen) atoms. The zero-order valence-electron chi connectivity index (χ0n) is 17.2. The van der Waals surface area contributed by atoms with Crippen molar-refractivity contribution in [2.45, 2.75) is 6.17 Å². The highest BCUT2D eigenvalue weighted by Crippen LogP contribution is 2.40. The third-order valence-corrected chi connectivity index (χ3v) is 5.56. The largest absolute Gasteiger partial charge is 0.457 e. The van der Waals surface area contributed by atoms with Crippen LogP contribution in [-0.4, -0.2) is 42.3 Å². The minimum absolute atomic E-state index is 0.0209. The molecule has 0 fully saturated rings. The summed E-state index contributed by atoms with van der Waals surface area (Å²) in [6, 6.07) is 14.6. The first-order chi connectivity index (χ1) is 15.3. The van der Waals surface area contributed by atoms with Gasteiger partial charge in [-0.05, 0) is 36.4 Å². The number of nitrogens with one attached hydrogen (secondary N) is 1. The number of hydrogen-bond acceptors (Lipinski definition) is 6. The Hall–Kier alpha value is -3.85. The van der Waals surface area contributed by atoms with E-state index in [1.54, 1.807) is 48.3 Å². The Balaban J connectivity index is 1.81. The molecular weight excluding hydrogens is 436 g/mol. The van der Waals surface area contributed by atoms with Crippen LogP contribution >= 0.6 is 11.6 Å². The summed E-state index contributed by atoms with van der Waals surface area (Å²) in [4.78, 5) is 39.5. The molecule has 10 heteroatoms. The van der Waals surface area contributed by atoms with Gasteiger partial charge >= 0.3 is 0 Å². The number of rotatable bonds is 5. The van der Waals surface area contributed by atoms with Gasteiger partial charge in [-0.15, -0.1) is 0 Å². The van der Waals surface area contributed by atoms with E-state index in [4.69, 9.17) is 16.0 Å². The summed E-state index contributed by atoms with van der Waals surface area (Å²) < 4.78 is 6.00. The summed E-state index contributed by atoms with van der Waals surface area (Å²) in [6.07, 6.45) is -0.727. The molecule has 9 nitrogen and oxygen atoms in total. The van der Waals surface area contributed by atoms with Crippen molar-refractivity contribution in [3.8, 4) is 11.3 Å². The van der Waals surface area contributed by atoms with E-state index < -0.39 is 11.1 Å².